The van der Waals surface area contributed by atoms with Gasteiger partial charge < -0.3 is 9.72 Å². The van der Waals surface area contributed by atoms with Gasteiger partial charge in [0, 0.05) is 0 Å². The minimum atomic E-state index is -1.20. The van der Waals surface area contributed by atoms with E-state index in [1.54, 1.807) is 13.0 Å². The number of hydrogen-bond acceptors (Lipinski definition) is 5. The van der Waals surface area contributed by atoms with Crippen molar-refractivity contribution in [1.29, 1.82) is 5.26 Å². The minimum absolute atomic E-state index is 0.0599. The van der Waals surface area contributed by atoms with Crippen LogP contribution in [-0.2, 0) is 9.53 Å². The van der Waals surface area contributed by atoms with E-state index in [0.29, 0.717) is 0 Å². The molecule has 84 valence electrons. The molecule has 0 saturated carbocycles. The van der Waals surface area contributed by atoms with Crippen LogP contribution in [0.2, 0.25) is 0 Å². The van der Waals surface area contributed by atoms with Crippen LogP contribution in [0.1, 0.15) is 18.5 Å². The highest BCUT2D eigenvalue weighted by Gasteiger charge is 2.26. The number of aromatic nitrogens is 2. The predicted octanol–water partition coefficient (Wildman–Crippen LogP) is 0.703. The summed E-state index contributed by atoms with van der Waals surface area (Å²) in [5.41, 5.74) is -0.390. The summed E-state index contributed by atoms with van der Waals surface area (Å²) in [6.07, 6.45) is 1.13. The van der Waals surface area contributed by atoms with Gasteiger partial charge in [-0.2, -0.15) is 5.26 Å². The average molecular weight is 286 g/mol. The summed E-state index contributed by atoms with van der Waals surface area (Å²) in [6.45, 7) is 1.80. The van der Waals surface area contributed by atoms with Crippen LogP contribution in [0.5, 0.6) is 0 Å². The van der Waals surface area contributed by atoms with Crippen molar-refractivity contribution in [3.63, 3.8) is 0 Å². The van der Waals surface area contributed by atoms with E-state index >= 15 is 0 Å². The quantitative estimate of drug-likeness (QED) is 0.825. The largest absolute Gasteiger partial charge is 0.465 e. The summed E-state index contributed by atoms with van der Waals surface area (Å²) in [5.74, 6) is -1.92. The van der Waals surface area contributed by atoms with Crippen molar-refractivity contribution in [3.05, 3.63) is 26.8 Å². The topological polar surface area (TPSA) is 95.8 Å². The van der Waals surface area contributed by atoms with Gasteiger partial charge in [0.25, 0.3) is 5.56 Å². The van der Waals surface area contributed by atoms with E-state index in [1.807, 2.05) is 0 Å². The third-order valence-electron chi connectivity index (χ3n) is 1.75. The molecule has 6 nitrogen and oxygen atoms in total. The third kappa shape index (κ3) is 2.46. The van der Waals surface area contributed by atoms with Crippen molar-refractivity contribution in [1.82, 2.24) is 9.97 Å². The number of H-pyrrole nitrogens is 1. The maximum atomic E-state index is 11.4. The normalized spacial score (nSPS) is 11.6. The molecule has 0 fully saturated rings. The van der Waals surface area contributed by atoms with Crippen LogP contribution >= 0.6 is 15.9 Å². The van der Waals surface area contributed by atoms with Gasteiger partial charge in [0.2, 0.25) is 0 Å². The highest BCUT2D eigenvalue weighted by atomic mass is 79.9. The number of nitrogens with zero attached hydrogens (tertiary/aromatic N) is 2. The number of esters is 1. The fourth-order valence-corrected chi connectivity index (χ4v) is 1.49. The van der Waals surface area contributed by atoms with Crippen LogP contribution in [-0.4, -0.2) is 22.5 Å². The number of carbonyl (C=O) groups is 1. The van der Waals surface area contributed by atoms with Gasteiger partial charge in [-0.15, -0.1) is 0 Å². The van der Waals surface area contributed by atoms with Gasteiger partial charge in [0.15, 0.2) is 5.92 Å². The van der Waals surface area contributed by atoms with Crippen LogP contribution < -0.4 is 5.56 Å². The van der Waals surface area contributed by atoms with E-state index in [-0.39, 0.29) is 16.8 Å². The minimum Gasteiger partial charge on any atom is -0.465 e. The Morgan fingerprint density at radius 2 is 2.50 bits per heavy atom. The van der Waals surface area contributed by atoms with Crippen LogP contribution in [0.3, 0.4) is 0 Å². The molecule has 1 aromatic rings. The Bertz CT molecular complexity index is 492. The Kier molecular flexibility index (Phi) is 4.19. The van der Waals surface area contributed by atoms with E-state index in [9.17, 15) is 9.59 Å². The Labute approximate surface area is 99.4 Å². The standard InChI is InChI=1S/C9H8BrN3O3/c1-2-16-9(15)5(3-11)7-6(10)8(14)13-4-12-7/h4-5H,2H2,1H3,(H,12,13,14). The van der Waals surface area contributed by atoms with E-state index < -0.39 is 17.4 Å². The molecular formula is C9H8BrN3O3. The number of halogens is 1. The SMILES string of the molecule is CCOC(=O)C(C#N)c1nc[nH]c(=O)c1Br. The Morgan fingerprint density at radius 1 is 1.81 bits per heavy atom. The highest BCUT2D eigenvalue weighted by Crippen LogP contribution is 2.19. The first-order valence-corrected chi connectivity index (χ1v) is 5.20. The summed E-state index contributed by atoms with van der Waals surface area (Å²) in [7, 11) is 0. The van der Waals surface area contributed by atoms with Gasteiger partial charge >= 0.3 is 5.97 Å². The van der Waals surface area contributed by atoms with Gasteiger partial charge in [0.05, 0.1) is 24.7 Å². The molecule has 1 aromatic heterocycles. The highest BCUT2D eigenvalue weighted by molar-refractivity contribution is 9.10. The van der Waals surface area contributed by atoms with Gasteiger partial charge in [-0.1, -0.05) is 0 Å². The van der Waals surface area contributed by atoms with Gasteiger partial charge in [-0.3, -0.25) is 9.59 Å². The maximum absolute atomic E-state index is 11.4. The molecule has 0 spiro atoms. The molecule has 0 saturated heterocycles. The molecule has 0 aliphatic carbocycles. The second-order valence-electron chi connectivity index (χ2n) is 2.75. The number of rotatable bonds is 3. The summed E-state index contributed by atoms with van der Waals surface area (Å²) in [4.78, 5) is 28.8. The molecule has 0 aliphatic rings. The number of ether oxygens (including phenoxy) is 1. The Balaban J connectivity index is 3.15. The summed E-state index contributed by atoms with van der Waals surface area (Å²) >= 11 is 2.98. The summed E-state index contributed by atoms with van der Waals surface area (Å²) < 4.78 is 4.77. The molecule has 0 aromatic carbocycles. The van der Waals surface area contributed by atoms with Crippen molar-refractivity contribution in [2.75, 3.05) is 6.61 Å². The zero-order chi connectivity index (χ0) is 12.1. The van der Waals surface area contributed by atoms with Crippen molar-refractivity contribution in [3.8, 4) is 6.07 Å². The van der Waals surface area contributed by atoms with Crippen LogP contribution in [0.4, 0.5) is 0 Å². The molecular weight excluding hydrogens is 278 g/mol. The van der Waals surface area contributed by atoms with Crippen LogP contribution in [0.15, 0.2) is 15.6 Å². The molecule has 0 aliphatic heterocycles. The molecule has 1 heterocycles. The van der Waals surface area contributed by atoms with Crippen molar-refractivity contribution >= 4 is 21.9 Å². The van der Waals surface area contributed by atoms with Crippen molar-refractivity contribution < 1.29 is 9.53 Å². The fourth-order valence-electron chi connectivity index (χ4n) is 1.05. The molecule has 1 rings (SSSR count). The molecule has 0 radical (unpaired) electrons. The first kappa shape index (κ1) is 12.4. The molecule has 0 bridgehead atoms. The molecule has 1 unspecified atom stereocenters. The van der Waals surface area contributed by atoms with E-state index in [4.69, 9.17) is 10.00 Å². The van der Waals surface area contributed by atoms with Gasteiger partial charge in [-0.05, 0) is 22.9 Å². The average Bonchev–Trinajstić information content (AvgIpc) is 2.25. The molecule has 0 amide bonds. The smallest absolute Gasteiger partial charge is 0.329 e. The number of aromatic amines is 1. The first-order valence-electron chi connectivity index (χ1n) is 4.41. The Morgan fingerprint density at radius 3 is 3.06 bits per heavy atom. The lowest BCUT2D eigenvalue weighted by Gasteiger charge is -2.08. The summed E-state index contributed by atoms with van der Waals surface area (Å²) in [6, 6.07) is 1.75. The Hall–Kier alpha value is -1.68. The number of nitriles is 1. The first-order chi connectivity index (χ1) is 7.61. The fraction of sp³-hybridized carbons (Fsp3) is 0.333. The molecule has 7 heteroatoms. The summed E-state index contributed by atoms with van der Waals surface area (Å²) in [5, 5.41) is 8.87. The van der Waals surface area contributed by atoms with Gasteiger partial charge in [0.1, 0.15) is 4.47 Å². The third-order valence-corrected chi connectivity index (χ3v) is 2.51. The second-order valence-corrected chi connectivity index (χ2v) is 3.54. The van der Waals surface area contributed by atoms with E-state index in [0.717, 1.165) is 6.33 Å². The number of carbonyl (C=O) groups excluding carboxylic acids is 1. The van der Waals surface area contributed by atoms with Gasteiger partial charge in [-0.25, -0.2) is 4.98 Å². The lowest BCUT2D eigenvalue weighted by molar-refractivity contribution is -0.143. The van der Waals surface area contributed by atoms with Crippen LogP contribution in [0, 0.1) is 11.3 Å². The van der Waals surface area contributed by atoms with Crippen molar-refractivity contribution in [2.45, 2.75) is 12.8 Å². The van der Waals surface area contributed by atoms with Crippen LogP contribution in [0.25, 0.3) is 0 Å². The van der Waals surface area contributed by atoms with E-state index in [1.165, 1.54) is 0 Å². The molecule has 1 atom stereocenters. The zero-order valence-corrected chi connectivity index (χ0v) is 9.94. The number of hydrogen-bond donors (Lipinski definition) is 1. The number of nitrogens with one attached hydrogen (secondary N) is 1. The molecule has 16 heavy (non-hydrogen) atoms. The predicted molar refractivity (Wildman–Crippen MR) is 57.5 cm³/mol. The monoisotopic (exact) mass is 285 g/mol. The van der Waals surface area contributed by atoms with Crippen molar-refractivity contribution in [2.24, 2.45) is 0 Å². The van der Waals surface area contributed by atoms with E-state index in [2.05, 4.69) is 25.9 Å². The lowest BCUT2D eigenvalue weighted by Crippen LogP contribution is -2.20. The zero-order valence-electron chi connectivity index (χ0n) is 8.36. The molecule has 1 N–H and O–H groups in total. The second kappa shape index (κ2) is 5.42. The maximum Gasteiger partial charge on any atom is 0.329 e. The lowest BCUT2D eigenvalue weighted by atomic mass is 10.1.